The molecule has 0 fully saturated rings. The first-order valence-corrected chi connectivity index (χ1v) is 6.92. The zero-order chi connectivity index (χ0) is 14.7. The fraction of sp³-hybridized carbons (Fsp3) is 0.111. The average Bonchev–Trinajstić information content (AvgIpc) is 3.14. The van der Waals surface area contributed by atoms with Crippen molar-refractivity contribution in [3.05, 3.63) is 66.5 Å². The molecule has 0 radical (unpaired) electrons. The highest BCUT2D eigenvalue weighted by atomic mass is 16.5. The van der Waals surface area contributed by atoms with Gasteiger partial charge < -0.3 is 14.7 Å². The van der Waals surface area contributed by atoms with Crippen LogP contribution in [-0.2, 0) is 0 Å². The van der Waals surface area contributed by atoms with E-state index in [2.05, 4.69) is 35.1 Å². The minimum atomic E-state index is 0.900. The van der Waals surface area contributed by atoms with Crippen LogP contribution in [0.4, 0.5) is 0 Å². The van der Waals surface area contributed by atoms with Gasteiger partial charge in [-0.25, -0.2) is 0 Å². The number of aryl methyl sites for hydroxylation is 1. The summed E-state index contributed by atoms with van der Waals surface area (Å²) in [5.41, 5.74) is 3.68. The van der Waals surface area contributed by atoms with E-state index in [0.29, 0.717) is 0 Å². The third-order valence-electron chi connectivity index (χ3n) is 3.56. The van der Waals surface area contributed by atoms with Gasteiger partial charge in [-0.15, -0.1) is 0 Å². The van der Waals surface area contributed by atoms with Crippen molar-refractivity contribution in [2.45, 2.75) is 6.92 Å². The summed E-state index contributed by atoms with van der Waals surface area (Å²) in [4.78, 5) is 6.30. The Bertz CT molecular complexity index is 858. The molecule has 2 aromatic carbocycles. The number of H-pyrrole nitrogens is 2. The molecule has 106 valence electrons. The summed E-state index contributed by atoms with van der Waals surface area (Å²) in [7, 11) is 1.67. The van der Waals surface area contributed by atoms with Gasteiger partial charge in [0.25, 0.3) is 0 Å². The fourth-order valence-electron chi connectivity index (χ4n) is 2.37. The zero-order valence-electron chi connectivity index (χ0n) is 12.2. The quantitative estimate of drug-likeness (QED) is 0.522. The van der Waals surface area contributed by atoms with Gasteiger partial charge in [0.05, 0.1) is 7.11 Å². The molecule has 2 aromatic heterocycles. The van der Waals surface area contributed by atoms with E-state index in [-0.39, 0.29) is 0 Å². The number of rotatable bonds is 1. The van der Waals surface area contributed by atoms with Crippen molar-refractivity contribution in [2.24, 2.45) is 0 Å². The SMILES string of the molecule is COc1ccc2[nH]ccc2c1.Cc1c[nH]c2ccccc12. The summed E-state index contributed by atoms with van der Waals surface area (Å²) in [5.74, 6) is 0.900. The van der Waals surface area contributed by atoms with Crippen molar-refractivity contribution in [1.82, 2.24) is 9.97 Å². The van der Waals surface area contributed by atoms with Gasteiger partial charge in [0, 0.05) is 34.2 Å². The normalized spacial score (nSPS) is 10.4. The van der Waals surface area contributed by atoms with Crippen LogP contribution in [0.2, 0.25) is 0 Å². The lowest BCUT2D eigenvalue weighted by molar-refractivity contribution is 0.415. The van der Waals surface area contributed by atoms with Crippen LogP contribution < -0.4 is 4.74 Å². The molecule has 3 heteroatoms. The Morgan fingerprint density at radius 3 is 2.57 bits per heavy atom. The van der Waals surface area contributed by atoms with E-state index in [9.17, 15) is 0 Å². The number of ether oxygens (including phenoxy) is 1. The Labute approximate surface area is 123 Å². The van der Waals surface area contributed by atoms with E-state index in [1.54, 1.807) is 7.11 Å². The number of fused-ring (bicyclic) bond motifs is 2. The van der Waals surface area contributed by atoms with Crippen LogP contribution in [-0.4, -0.2) is 17.1 Å². The predicted octanol–water partition coefficient (Wildman–Crippen LogP) is 4.65. The molecule has 0 spiro atoms. The van der Waals surface area contributed by atoms with Crippen molar-refractivity contribution in [1.29, 1.82) is 0 Å². The molecule has 0 saturated heterocycles. The van der Waals surface area contributed by atoms with Gasteiger partial charge in [-0.05, 0) is 42.8 Å². The summed E-state index contributed by atoms with van der Waals surface area (Å²) in [6, 6.07) is 16.3. The van der Waals surface area contributed by atoms with Gasteiger partial charge in [0.1, 0.15) is 5.75 Å². The molecule has 3 nitrogen and oxygen atoms in total. The molecule has 21 heavy (non-hydrogen) atoms. The zero-order valence-corrected chi connectivity index (χ0v) is 12.2. The molecule has 0 saturated carbocycles. The Morgan fingerprint density at radius 2 is 1.76 bits per heavy atom. The second kappa shape index (κ2) is 5.75. The third-order valence-corrected chi connectivity index (χ3v) is 3.56. The Balaban J connectivity index is 0.000000126. The van der Waals surface area contributed by atoms with E-state index in [1.807, 2.05) is 42.7 Å². The minimum absolute atomic E-state index is 0.900. The topological polar surface area (TPSA) is 40.8 Å². The lowest BCUT2D eigenvalue weighted by Crippen LogP contribution is -1.80. The first kappa shape index (κ1) is 13.3. The third kappa shape index (κ3) is 2.77. The molecule has 2 N–H and O–H groups in total. The monoisotopic (exact) mass is 278 g/mol. The van der Waals surface area contributed by atoms with Gasteiger partial charge >= 0.3 is 0 Å². The van der Waals surface area contributed by atoms with Gasteiger partial charge in [-0.2, -0.15) is 0 Å². The van der Waals surface area contributed by atoms with Crippen LogP contribution >= 0.6 is 0 Å². The maximum atomic E-state index is 5.08. The van der Waals surface area contributed by atoms with E-state index in [4.69, 9.17) is 4.74 Å². The molecule has 0 unspecified atom stereocenters. The summed E-state index contributed by atoms with van der Waals surface area (Å²) in [5, 5.41) is 2.51. The molecular weight excluding hydrogens is 260 g/mol. The molecule has 0 aliphatic rings. The molecule has 2 heterocycles. The highest BCUT2D eigenvalue weighted by Crippen LogP contribution is 2.18. The second-order valence-corrected chi connectivity index (χ2v) is 4.95. The number of aromatic amines is 2. The highest BCUT2D eigenvalue weighted by Gasteiger charge is 1.95. The standard InChI is InChI=1S/C9H9NO.C9H9N/c1-11-8-2-3-9-7(6-8)4-5-10-9;1-7-6-10-9-5-3-2-4-8(7)9/h2-6,10H,1H3;2-6,10H,1H3. The van der Waals surface area contributed by atoms with Gasteiger partial charge in [0.15, 0.2) is 0 Å². The minimum Gasteiger partial charge on any atom is -0.497 e. The Hall–Kier alpha value is -2.68. The molecule has 4 aromatic rings. The second-order valence-electron chi connectivity index (χ2n) is 4.95. The number of methoxy groups -OCH3 is 1. The van der Waals surface area contributed by atoms with Crippen molar-refractivity contribution in [3.8, 4) is 5.75 Å². The average molecular weight is 278 g/mol. The summed E-state index contributed by atoms with van der Waals surface area (Å²) < 4.78 is 5.08. The molecule has 0 aliphatic carbocycles. The van der Waals surface area contributed by atoms with E-state index < -0.39 is 0 Å². The smallest absolute Gasteiger partial charge is 0.119 e. The number of benzene rings is 2. The van der Waals surface area contributed by atoms with Crippen LogP contribution in [0.3, 0.4) is 0 Å². The molecule has 0 bridgehead atoms. The van der Waals surface area contributed by atoms with Crippen molar-refractivity contribution in [2.75, 3.05) is 7.11 Å². The fourth-order valence-corrected chi connectivity index (χ4v) is 2.37. The molecule has 0 aliphatic heterocycles. The molecule has 0 amide bonds. The first-order valence-electron chi connectivity index (χ1n) is 6.92. The number of hydrogen-bond donors (Lipinski definition) is 2. The molecule has 0 atom stereocenters. The van der Waals surface area contributed by atoms with Gasteiger partial charge in [-0.3, -0.25) is 0 Å². The van der Waals surface area contributed by atoms with Crippen LogP contribution in [0.25, 0.3) is 21.8 Å². The highest BCUT2D eigenvalue weighted by molar-refractivity contribution is 5.82. The van der Waals surface area contributed by atoms with Gasteiger partial charge in [0.2, 0.25) is 0 Å². The number of aromatic nitrogens is 2. The molecular formula is C18H18N2O. The summed E-state index contributed by atoms with van der Waals surface area (Å²) in [6.45, 7) is 2.11. The summed E-state index contributed by atoms with van der Waals surface area (Å²) in [6.07, 6.45) is 3.95. The van der Waals surface area contributed by atoms with Crippen molar-refractivity contribution in [3.63, 3.8) is 0 Å². The Kier molecular flexibility index (Phi) is 3.65. The summed E-state index contributed by atoms with van der Waals surface area (Å²) >= 11 is 0. The molecule has 4 rings (SSSR count). The number of hydrogen-bond acceptors (Lipinski definition) is 1. The van der Waals surface area contributed by atoms with Crippen LogP contribution in [0.5, 0.6) is 5.75 Å². The van der Waals surface area contributed by atoms with Crippen LogP contribution in [0.15, 0.2) is 60.9 Å². The van der Waals surface area contributed by atoms with Crippen molar-refractivity contribution < 1.29 is 4.74 Å². The predicted molar refractivity (Wildman–Crippen MR) is 87.9 cm³/mol. The van der Waals surface area contributed by atoms with Crippen LogP contribution in [0, 0.1) is 6.92 Å². The van der Waals surface area contributed by atoms with E-state index in [0.717, 1.165) is 11.3 Å². The van der Waals surface area contributed by atoms with Gasteiger partial charge in [-0.1, -0.05) is 18.2 Å². The largest absolute Gasteiger partial charge is 0.497 e. The maximum absolute atomic E-state index is 5.08. The lowest BCUT2D eigenvalue weighted by atomic mass is 10.2. The van der Waals surface area contributed by atoms with E-state index in [1.165, 1.54) is 21.9 Å². The van der Waals surface area contributed by atoms with Crippen LogP contribution in [0.1, 0.15) is 5.56 Å². The van der Waals surface area contributed by atoms with E-state index >= 15 is 0 Å². The number of nitrogens with one attached hydrogen (secondary N) is 2. The number of para-hydroxylation sites is 1. The first-order chi connectivity index (χ1) is 10.3. The lowest BCUT2D eigenvalue weighted by Gasteiger charge is -1.97. The Morgan fingerprint density at radius 1 is 0.905 bits per heavy atom. The maximum Gasteiger partial charge on any atom is 0.119 e. The van der Waals surface area contributed by atoms with Crippen molar-refractivity contribution >= 4 is 21.8 Å².